The molecule has 0 unspecified atom stereocenters. The van der Waals surface area contributed by atoms with Crippen LogP contribution in [0.2, 0.25) is 0 Å². The number of carboxylic acids is 1. The third-order valence-electron chi connectivity index (χ3n) is 4.43. The van der Waals surface area contributed by atoms with E-state index in [-0.39, 0.29) is 17.5 Å². The molecule has 2 N–H and O–H groups in total. The van der Waals surface area contributed by atoms with Crippen LogP contribution in [0, 0.1) is 5.92 Å². The quantitative estimate of drug-likeness (QED) is 0.884. The Labute approximate surface area is 140 Å². The number of amides is 1. The highest BCUT2D eigenvalue weighted by Gasteiger charge is 2.20. The summed E-state index contributed by atoms with van der Waals surface area (Å²) in [7, 11) is 0. The largest absolute Gasteiger partial charge is 0.476 e. The van der Waals surface area contributed by atoms with Gasteiger partial charge in [0.05, 0.1) is 5.69 Å². The van der Waals surface area contributed by atoms with Crippen molar-refractivity contribution in [1.82, 2.24) is 15.1 Å². The summed E-state index contributed by atoms with van der Waals surface area (Å²) in [5.41, 5.74) is 1.74. The normalized spacial score (nSPS) is 15.2. The summed E-state index contributed by atoms with van der Waals surface area (Å²) in [5.74, 6) is -0.775. The van der Waals surface area contributed by atoms with Gasteiger partial charge >= 0.3 is 5.97 Å². The van der Waals surface area contributed by atoms with Gasteiger partial charge in [-0.15, -0.1) is 0 Å². The monoisotopic (exact) mass is 327 g/mol. The molecule has 0 bridgehead atoms. The summed E-state index contributed by atoms with van der Waals surface area (Å²) >= 11 is 0. The summed E-state index contributed by atoms with van der Waals surface area (Å²) in [6, 6.07) is 9.02. The van der Waals surface area contributed by atoms with Crippen molar-refractivity contribution in [3.8, 4) is 5.69 Å². The highest BCUT2D eigenvalue weighted by molar-refractivity contribution is 5.85. The Kier molecular flexibility index (Phi) is 4.93. The second-order valence-electron chi connectivity index (χ2n) is 6.17. The van der Waals surface area contributed by atoms with Gasteiger partial charge in [0, 0.05) is 18.7 Å². The van der Waals surface area contributed by atoms with Crippen LogP contribution in [0.15, 0.2) is 36.5 Å². The number of carboxylic acid groups (broad SMARTS) is 1. The van der Waals surface area contributed by atoms with Crippen molar-refractivity contribution in [2.45, 2.75) is 38.6 Å². The summed E-state index contributed by atoms with van der Waals surface area (Å²) in [6.45, 7) is 0.468. The molecule has 1 saturated carbocycles. The minimum absolute atomic E-state index is 0.00556. The zero-order valence-corrected chi connectivity index (χ0v) is 13.4. The first kappa shape index (κ1) is 16.2. The summed E-state index contributed by atoms with van der Waals surface area (Å²) in [5, 5.41) is 16.0. The van der Waals surface area contributed by atoms with Gasteiger partial charge in [-0.1, -0.05) is 31.4 Å². The molecule has 0 spiro atoms. The fourth-order valence-electron chi connectivity index (χ4n) is 3.09. The van der Waals surface area contributed by atoms with Crippen LogP contribution in [0.25, 0.3) is 5.69 Å². The zero-order chi connectivity index (χ0) is 16.9. The van der Waals surface area contributed by atoms with Crippen LogP contribution in [0.3, 0.4) is 0 Å². The van der Waals surface area contributed by atoms with Crippen LogP contribution in [0.1, 0.15) is 48.2 Å². The zero-order valence-electron chi connectivity index (χ0n) is 13.4. The molecule has 1 aliphatic rings. The lowest BCUT2D eigenvalue weighted by Crippen LogP contribution is -2.31. The molecule has 0 atom stereocenters. The van der Waals surface area contributed by atoms with Crippen LogP contribution in [-0.2, 0) is 11.3 Å². The van der Waals surface area contributed by atoms with Gasteiger partial charge in [-0.3, -0.25) is 4.79 Å². The van der Waals surface area contributed by atoms with Crippen molar-refractivity contribution in [3.05, 3.63) is 47.8 Å². The Balaban J connectivity index is 1.64. The van der Waals surface area contributed by atoms with Gasteiger partial charge < -0.3 is 10.4 Å². The molecule has 0 aliphatic heterocycles. The molecule has 1 amide bonds. The van der Waals surface area contributed by atoms with Crippen molar-refractivity contribution in [2.75, 3.05) is 0 Å². The highest BCUT2D eigenvalue weighted by atomic mass is 16.4. The third-order valence-corrected chi connectivity index (χ3v) is 4.43. The fraction of sp³-hybridized carbons (Fsp3) is 0.389. The van der Waals surface area contributed by atoms with Gasteiger partial charge in [0.15, 0.2) is 5.69 Å². The van der Waals surface area contributed by atoms with Crippen LogP contribution in [0.5, 0.6) is 0 Å². The molecule has 1 aromatic carbocycles. The van der Waals surface area contributed by atoms with E-state index in [1.807, 2.05) is 24.3 Å². The lowest BCUT2D eigenvalue weighted by atomic mass is 9.88. The van der Waals surface area contributed by atoms with E-state index in [9.17, 15) is 9.59 Å². The van der Waals surface area contributed by atoms with E-state index in [0.29, 0.717) is 6.54 Å². The predicted molar refractivity (Wildman–Crippen MR) is 88.9 cm³/mol. The number of aromatic carboxylic acids is 1. The second-order valence-corrected chi connectivity index (χ2v) is 6.17. The Morgan fingerprint density at radius 2 is 2.00 bits per heavy atom. The molecule has 6 heteroatoms. The smallest absolute Gasteiger partial charge is 0.356 e. The molecule has 126 valence electrons. The number of benzene rings is 1. The number of nitrogens with zero attached hydrogens (tertiary/aromatic N) is 2. The van der Waals surface area contributed by atoms with Gasteiger partial charge in [-0.25, -0.2) is 9.48 Å². The van der Waals surface area contributed by atoms with E-state index in [0.717, 1.165) is 36.9 Å². The second kappa shape index (κ2) is 7.29. The molecule has 2 aromatic rings. The number of nitrogens with one attached hydrogen (secondary N) is 1. The third kappa shape index (κ3) is 3.82. The number of hydrogen-bond donors (Lipinski definition) is 2. The average Bonchev–Trinajstić information content (AvgIpc) is 3.11. The first-order chi connectivity index (χ1) is 11.6. The SMILES string of the molecule is O=C(O)c1ccn(-c2cccc(CNC(=O)C3CCCCC3)c2)n1. The van der Waals surface area contributed by atoms with Crippen molar-refractivity contribution >= 4 is 11.9 Å². The van der Waals surface area contributed by atoms with Gasteiger partial charge in [0.1, 0.15) is 0 Å². The molecule has 0 saturated heterocycles. The molecule has 0 radical (unpaired) electrons. The number of carbonyl (C=O) groups is 2. The first-order valence-electron chi connectivity index (χ1n) is 8.29. The Morgan fingerprint density at radius 1 is 1.21 bits per heavy atom. The molecule has 1 heterocycles. The van der Waals surface area contributed by atoms with E-state index in [1.165, 1.54) is 17.2 Å². The van der Waals surface area contributed by atoms with Crippen LogP contribution in [0.4, 0.5) is 0 Å². The fourth-order valence-corrected chi connectivity index (χ4v) is 3.09. The molecule has 1 aliphatic carbocycles. The van der Waals surface area contributed by atoms with E-state index in [2.05, 4.69) is 10.4 Å². The van der Waals surface area contributed by atoms with Crippen molar-refractivity contribution < 1.29 is 14.7 Å². The molecule has 3 rings (SSSR count). The Bertz CT molecular complexity index is 733. The predicted octanol–water partition coefficient (Wildman–Crippen LogP) is 2.77. The van der Waals surface area contributed by atoms with Crippen LogP contribution >= 0.6 is 0 Å². The van der Waals surface area contributed by atoms with E-state index < -0.39 is 5.97 Å². The van der Waals surface area contributed by atoms with Crippen molar-refractivity contribution in [1.29, 1.82) is 0 Å². The van der Waals surface area contributed by atoms with Crippen LogP contribution in [-0.4, -0.2) is 26.8 Å². The van der Waals surface area contributed by atoms with Gasteiger partial charge in [-0.2, -0.15) is 5.10 Å². The van der Waals surface area contributed by atoms with Gasteiger partial charge in [0.2, 0.25) is 5.91 Å². The topological polar surface area (TPSA) is 84.2 Å². The summed E-state index contributed by atoms with van der Waals surface area (Å²) in [6.07, 6.45) is 7.09. The maximum absolute atomic E-state index is 12.2. The Hall–Kier alpha value is -2.63. The van der Waals surface area contributed by atoms with Gasteiger partial charge in [-0.05, 0) is 36.6 Å². The maximum atomic E-state index is 12.2. The number of aromatic nitrogens is 2. The molecule has 6 nitrogen and oxygen atoms in total. The number of hydrogen-bond acceptors (Lipinski definition) is 3. The average molecular weight is 327 g/mol. The van der Waals surface area contributed by atoms with E-state index in [1.54, 1.807) is 6.20 Å². The minimum Gasteiger partial charge on any atom is -0.476 e. The lowest BCUT2D eigenvalue weighted by Gasteiger charge is -2.20. The van der Waals surface area contributed by atoms with Crippen molar-refractivity contribution in [2.24, 2.45) is 5.92 Å². The Morgan fingerprint density at radius 3 is 2.71 bits per heavy atom. The lowest BCUT2D eigenvalue weighted by molar-refractivity contribution is -0.126. The summed E-state index contributed by atoms with van der Waals surface area (Å²) < 4.78 is 1.52. The van der Waals surface area contributed by atoms with Gasteiger partial charge in [0.25, 0.3) is 0 Å². The van der Waals surface area contributed by atoms with Crippen molar-refractivity contribution in [3.63, 3.8) is 0 Å². The molecule has 1 aromatic heterocycles. The summed E-state index contributed by atoms with van der Waals surface area (Å²) in [4.78, 5) is 23.1. The van der Waals surface area contributed by atoms with E-state index in [4.69, 9.17) is 5.11 Å². The van der Waals surface area contributed by atoms with E-state index >= 15 is 0 Å². The minimum atomic E-state index is -1.05. The first-order valence-corrected chi connectivity index (χ1v) is 8.29. The molecule has 24 heavy (non-hydrogen) atoms. The molecular formula is C18H21N3O3. The number of carbonyl (C=O) groups excluding carboxylic acids is 1. The molecule has 1 fully saturated rings. The maximum Gasteiger partial charge on any atom is 0.356 e. The number of rotatable bonds is 5. The highest BCUT2D eigenvalue weighted by Crippen LogP contribution is 2.23. The standard InChI is InChI=1S/C18H21N3O3/c22-17(14-6-2-1-3-7-14)19-12-13-5-4-8-15(11-13)21-10-9-16(20-21)18(23)24/h4-5,8-11,14H,1-3,6-7,12H2,(H,19,22)(H,23,24). The van der Waals surface area contributed by atoms with Crippen LogP contribution < -0.4 is 5.32 Å². The molecular weight excluding hydrogens is 306 g/mol.